The number of benzene rings is 2. The molecule has 0 spiro atoms. The SMILES string of the molecule is Cc1cc(C)cc(N(CCC#N)C(=O)CN2CCN(c3cccc(C)c3C)CC2)c1. The van der Waals surface area contributed by atoms with Crippen molar-refractivity contribution in [2.75, 3.05) is 49.1 Å². The van der Waals surface area contributed by atoms with Crippen molar-refractivity contribution in [2.45, 2.75) is 34.1 Å². The monoisotopic (exact) mass is 404 g/mol. The van der Waals surface area contributed by atoms with Gasteiger partial charge in [-0.3, -0.25) is 9.69 Å². The van der Waals surface area contributed by atoms with Gasteiger partial charge in [0.2, 0.25) is 5.91 Å². The zero-order valence-electron chi connectivity index (χ0n) is 18.6. The molecule has 0 radical (unpaired) electrons. The summed E-state index contributed by atoms with van der Waals surface area (Å²) >= 11 is 0. The third kappa shape index (κ3) is 5.20. The van der Waals surface area contributed by atoms with E-state index in [1.54, 1.807) is 4.90 Å². The van der Waals surface area contributed by atoms with E-state index in [0.29, 0.717) is 19.5 Å². The summed E-state index contributed by atoms with van der Waals surface area (Å²) in [6.45, 7) is 12.8. The van der Waals surface area contributed by atoms with Crippen molar-refractivity contribution in [3.8, 4) is 6.07 Å². The lowest BCUT2D eigenvalue weighted by molar-refractivity contribution is -0.119. The van der Waals surface area contributed by atoms with E-state index >= 15 is 0 Å². The number of carbonyl (C=O) groups excluding carboxylic acids is 1. The summed E-state index contributed by atoms with van der Waals surface area (Å²) < 4.78 is 0. The van der Waals surface area contributed by atoms with Crippen molar-refractivity contribution in [3.05, 3.63) is 58.7 Å². The third-order valence-corrected chi connectivity index (χ3v) is 5.91. The first-order chi connectivity index (χ1) is 14.4. The standard InChI is InChI=1S/C25H32N4O/c1-19-15-20(2)17-23(16-19)29(10-6-9-26)25(30)18-27-11-13-28(14-12-27)24-8-5-7-21(3)22(24)4/h5,7-8,15-17H,6,10-14,18H2,1-4H3. The van der Waals surface area contributed by atoms with Crippen LogP contribution in [0, 0.1) is 39.0 Å². The van der Waals surface area contributed by atoms with E-state index in [0.717, 1.165) is 43.0 Å². The Kier molecular flexibility index (Phi) is 7.12. The summed E-state index contributed by atoms with van der Waals surface area (Å²) in [5.41, 5.74) is 7.09. The van der Waals surface area contributed by atoms with Gasteiger partial charge in [-0.2, -0.15) is 5.26 Å². The fourth-order valence-corrected chi connectivity index (χ4v) is 4.17. The van der Waals surface area contributed by atoms with E-state index in [2.05, 4.69) is 54.0 Å². The van der Waals surface area contributed by atoms with Crippen LogP contribution in [0.15, 0.2) is 36.4 Å². The number of hydrogen-bond acceptors (Lipinski definition) is 4. The molecular formula is C25H32N4O. The molecule has 1 amide bonds. The maximum Gasteiger partial charge on any atom is 0.241 e. The zero-order chi connectivity index (χ0) is 21.7. The summed E-state index contributed by atoms with van der Waals surface area (Å²) in [4.78, 5) is 19.6. The predicted molar refractivity (Wildman–Crippen MR) is 123 cm³/mol. The van der Waals surface area contributed by atoms with Crippen molar-refractivity contribution in [2.24, 2.45) is 0 Å². The molecule has 30 heavy (non-hydrogen) atoms. The predicted octanol–water partition coefficient (Wildman–Crippen LogP) is 3.99. The smallest absolute Gasteiger partial charge is 0.241 e. The second-order valence-electron chi connectivity index (χ2n) is 8.28. The maximum atomic E-state index is 13.2. The summed E-state index contributed by atoms with van der Waals surface area (Å²) in [6.07, 6.45) is 0.332. The van der Waals surface area contributed by atoms with Crippen molar-refractivity contribution in [1.82, 2.24) is 4.90 Å². The van der Waals surface area contributed by atoms with Gasteiger partial charge < -0.3 is 9.80 Å². The van der Waals surface area contributed by atoms with Gasteiger partial charge in [0, 0.05) is 44.1 Å². The van der Waals surface area contributed by atoms with Gasteiger partial charge in [-0.05, 0) is 68.1 Å². The molecule has 0 N–H and O–H groups in total. The van der Waals surface area contributed by atoms with Crippen molar-refractivity contribution in [1.29, 1.82) is 5.26 Å². The van der Waals surface area contributed by atoms with Crippen LogP contribution in [-0.4, -0.2) is 50.1 Å². The highest BCUT2D eigenvalue weighted by molar-refractivity contribution is 5.95. The van der Waals surface area contributed by atoms with Gasteiger partial charge in [0.25, 0.3) is 0 Å². The lowest BCUT2D eigenvalue weighted by Crippen LogP contribution is -2.50. The first-order valence-electron chi connectivity index (χ1n) is 10.7. The van der Waals surface area contributed by atoms with Crippen molar-refractivity contribution in [3.63, 3.8) is 0 Å². The Hall–Kier alpha value is -2.84. The fraction of sp³-hybridized carbons (Fsp3) is 0.440. The Morgan fingerprint density at radius 2 is 1.70 bits per heavy atom. The normalized spacial score (nSPS) is 14.4. The molecule has 3 rings (SSSR count). The first-order valence-corrected chi connectivity index (χ1v) is 10.7. The molecule has 1 saturated heterocycles. The molecule has 2 aromatic rings. The number of piperazine rings is 1. The Labute approximate surface area is 180 Å². The molecule has 2 aromatic carbocycles. The Balaban J connectivity index is 1.65. The number of nitrogens with zero attached hydrogens (tertiary/aromatic N) is 4. The highest BCUT2D eigenvalue weighted by Crippen LogP contribution is 2.24. The summed E-state index contributed by atoms with van der Waals surface area (Å²) in [5, 5.41) is 9.05. The van der Waals surface area contributed by atoms with Gasteiger partial charge in [0.05, 0.1) is 19.0 Å². The Bertz CT molecular complexity index is 918. The molecule has 0 atom stereocenters. The zero-order valence-corrected chi connectivity index (χ0v) is 18.6. The van der Waals surface area contributed by atoms with Crippen molar-refractivity contribution < 1.29 is 4.79 Å². The number of carbonyl (C=O) groups is 1. The van der Waals surface area contributed by atoms with Gasteiger partial charge in [0.15, 0.2) is 0 Å². The highest BCUT2D eigenvalue weighted by Gasteiger charge is 2.23. The van der Waals surface area contributed by atoms with Crippen LogP contribution in [0.4, 0.5) is 11.4 Å². The molecule has 0 saturated carbocycles. The molecule has 1 aliphatic heterocycles. The van der Waals surface area contributed by atoms with E-state index in [-0.39, 0.29) is 5.91 Å². The molecule has 0 aromatic heterocycles. The molecule has 1 aliphatic rings. The summed E-state index contributed by atoms with van der Waals surface area (Å²) in [6, 6.07) is 14.8. The number of nitriles is 1. The topological polar surface area (TPSA) is 50.6 Å². The van der Waals surface area contributed by atoms with Gasteiger partial charge in [-0.25, -0.2) is 0 Å². The minimum absolute atomic E-state index is 0.0652. The van der Waals surface area contributed by atoms with Crippen LogP contribution in [0.2, 0.25) is 0 Å². The highest BCUT2D eigenvalue weighted by atomic mass is 16.2. The maximum absolute atomic E-state index is 13.2. The second-order valence-corrected chi connectivity index (χ2v) is 8.28. The van der Waals surface area contributed by atoms with Gasteiger partial charge in [0.1, 0.15) is 0 Å². The number of hydrogen-bond donors (Lipinski definition) is 0. The average Bonchev–Trinajstić information content (AvgIpc) is 2.70. The number of aryl methyl sites for hydroxylation is 3. The molecule has 0 aliphatic carbocycles. The molecule has 0 bridgehead atoms. The Morgan fingerprint density at radius 3 is 2.33 bits per heavy atom. The molecule has 1 fully saturated rings. The molecule has 0 unspecified atom stereocenters. The van der Waals surface area contributed by atoms with Gasteiger partial charge >= 0.3 is 0 Å². The molecule has 5 heteroatoms. The van der Waals surface area contributed by atoms with Gasteiger partial charge in [-0.1, -0.05) is 18.2 Å². The first kappa shape index (κ1) is 21.9. The summed E-state index contributed by atoms with van der Waals surface area (Å²) in [5.74, 6) is 0.0652. The molecular weight excluding hydrogens is 372 g/mol. The van der Waals surface area contributed by atoms with Crippen LogP contribution in [0.5, 0.6) is 0 Å². The van der Waals surface area contributed by atoms with Crippen molar-refractivity contribution >= 4 is 17.3 Å². The lowest BCUT2D eigenvalue weighted by Gasteiger charge is -2.37. The average molecular weight is 405 g/mol. The van der Waals surface area contributed by atoms with Crippen LogP contribution < -0.4 is 9.80 Å². The van der Waals surface area contributed by atoms with E-state index in [4.69, 9.17) is 5.26 Å². The van der Waals surface area contributed by atoms with E-state index < -0.39 is 0 Å². The fourth-order valence-electron chi connectivity index (χ4n) is 4.17. The third-order valence-electron chi connectivity index (χ3n) is 5.91. The minimum atomic E-state index is 0.0652. The van der Waals surface area contributed by atoms with Crippen LogP contribution >= 0.6 is 0 Å². The number of anilines is 2. The molecule has 5 nitrogen and oxygen atoms in total. The van der Waals surface area contributed by atoms with Crippen LogP contribution in [0.25, 0.3) is 0 Å². The Morgan fingerprint density at radius 1 is 1.03 bits per heavy atom. The quantitative estimate of drug-likeness (QED) is 0.731. The van der Waals surface area contributed by atoms with Crippen LogP contribution in [0.3, 0.4) is 0 Å². The molecule has 1 heterocycles. The van der Waals surface area contributed by atoms with E-state index in [1.165, 1.54) is 16.8 Å². The number of amides is 1. The van der Waals surface area contributed by atoms with Crippen LogP contribution in [0.1, 0.15) is 28.7 Å². The molecule has 158 valence electrons. The minimum Gasteiger partial charge on any atom is -0.369 e. The van der Waals surface area contributed by atoms with Crippen LogP contribution in [-0.2, 0) is 4.79 Å². The largest absolute Gasteiger partial charge is 0.369 e. The number of rotatable bonds is 6. The second kappa shape index (κ2) is 9.77. The lowest BCUT2D eigenvalue weighted by atomic mass is 10.1. The summed E-state index contributed by atoms with van der Waals surface area (Å²) in [7, 11) is 0. The van der Waals surface area contributed by atoms with Gasteiger partial charge in [-0.15, -0.1) is 0 Å². The van der Waals surface area contributed by atoms with E-state index in [1.807, 2.05) is 26.0 Å². The van der Waals surface area contributed by atoms with E-state index in [9.17, 15) is 4.79 Å².